The van der Waals surface area contributed by atoms with Crippen molar-refractivity contribution in [3.05, 3.63) is 68.8 Å². The second-order valence-corrected chi connectivity index (χ2v) is 9.97. The van der Waals surface area contributed by atoms with Gasteiger partial charge in [0.25, 0.3) is 5.69 Å². The monoisotopic (exact) mass is 496 g/mol. The largest absolute Gasteiger partial charge is 0.339 e. The molecular weight excluding hydrogens is 479 g/mol. The van der Waals surface area contributed by atoms with Gasteiger partial charge in [-0.05, 0) is 24.3 Å². The number of sulfonamides is 1. The molecule has 1 fully saturated rings. The lowest BCUT2D eigenvalue weighted by Gasteiger charge is -2.34. The molecule has 0 radical (unpaired) electrons. The summed E-state index contributed by atoms with van der Waals surface area (Å²) in [6.45, 7) is 0.793. The molecule has 1 saturated heterocycles. The van der Waals surface area contributed by atoms with Gasteiger partial charge in [-0.25, -0.2) is 8.42 Å². The normalized spacial score (nSPS) is 15.2. The van der Waals surface area contributed by atoms with Crippen molar-refractivity contribution in [1.82, 2.24) is 13.8 Å². The molecule has 12 heteroatoms. The van der Waals surface area contributed by atoms with E-state index < -0.39 is 14.9 Å². The Kier molecular flexibility index (Phi) is 6.13. The summed E-state index contributed by atoms with van der Waals surface area (Å²) >= 11 is 12.0. The zero-order chi connectivity index (χ0) is 23.0. The smallest absolute Gasteiger partial charge is 0.270 e. The summed E-state index contributed by atoms with van der Waals surface area (Å²) in [5, 5.41) is 11.7. The van der Waals surface area contributed by atoms with E-state index in [0.29, 0.717) is 10.9 Å². The van der Waals surface area contributed by atoms with Gasteiger partial charge >= 0.3 is 0 Å². The molecule has 32 heavy (non-hydrogen) atoms. The zero-order valence-corrected chi connectivity index (χ0v) is 19.0. The summed E-state index contributed by atoms with van der Waals surface area (Å²) in [5.74, 6) is -0.168. The van der Waals surface area contributed by atoms with Gasteiger partial charge in [0, 0.05) is 55.4 Å². The molecule has 1 aromatic heterocycles. The summed E-state index contributed by atoms with van der Waals surface area (Å²) in [7, 11) is -3.84. The Labute approximate surface area is 193 Å². The highest BCUT2D eigenvalue weighted by Crippen LogP contribution is 2.31. The number of rotatable bonds is 5. The van der Waals surface area contributed by atoms with Gasteiger partial charge in [-0.3, -0.25) is 14.9 Å². The molecule has 2 heterocycles. The molecule has 1 aliphatic rings. The van der Waals surface area contributed by atoms with Gasteiger partial charge in [-0.15, -0.1) is 0 Å². The highest BCUT2D eigenvalue weighted by Gasteiger charge is 2.32. The van der Waals surface area contributed by atoms with E-state index in [9.17, 15) is 23.3 Å². The van der Waals surface area contributed by atoms with E-state index in [1.807, 2.05) is 0 Å². The van der Waals surface area contributed by atoms with Gasteiger partial charge in [-0.1, -0.05) is 29.3 Å². The fraction of sp³-hybridized carbons (Fsp3) is 0.250. The van der Waals surface area contributed by atoms with Crippen molar-refractivity contribution >= 4 is 55.7 Å². The van der Waals surface area contributed by atoms with Crippen LogP contribution in [-0.2, 0) is 21.4 Å². The SMILES string of the molecule is O=C(Cn1ccc2cc([N+](=O)[O-])ccc21)N1CCN(S(=O)(=O)c2cccc(Cl)c2Cl)CC1. The van der Waals surface area contributed by atoms with Gasteiger partial charge in [0.05, 0.1) is 15.0 Å². The lowest BCUT2D eigenvalue weighted by atomic mass is 10.2. The van der Waals surface area contributed by atoms with Crippen LogP contribution in [-0.4, -0.2) is 59.2 Å². The molecule has 0 N–H and O–H groups in total. The summed E-state index contributed by atoms with van der Waals surface area (Å²) in [5.41, 5.74) is 0.694. The number of carbonyl (C=O) groups excluding carboxylic acids is 1. The fourth-order valence-corrected chi connectivity index (χ4v) is 5.84. The number of fused-ring (bicyclic) bond motifs is 1. The molecule has 0 spiro atoms. The third kappa shape index (κ3) is 4.18. The van der Waals surface area contributed by atoms with Gasteiger partial charge in [0.1, 0.15) is 11.4 Å². The van der Waals surface area contributed by atoms with Crippen LogP contribution in [0.15, 0.2) is 53.6 Å². The third-order valence-electron chi connectivity index (χ3n) is 5.40. The maximum atomic E-state index is 12.9. The molecule has 0 saturated carbocycles. The topological polar surface area (TPSA) is 106 Å². The quantitative estimate of drug-likeness (QED) is 0.397. The Morgan fingerprint density at radius 2 is 1.78 bits per heavy atom. The van der Waals surface area contributed by atoms with Crippen molar-refractivity contribution in [2.75, 3.05) is 26.2 Å². The van der Waals surface area contributed by atoms with E-state index in [4.69, 9.17) is 23.2 Å². The lowest BCUT2D eigenvalue weighted by molar-refractivity contribution is -0.384. The number of non-ortho nitro benzene ring substituents is 1. The van der Waals surface area contributed by atoms with Gasteiger partial charge in [-0.2, -0.15) is 4.31 Å². The van der Waals surface area contributed by atoms with Crippen molar-refractivity contribution < 1.29 is 18.1 Å². The van der Waals surface area contributed by atoms with E-state index in [1.165, 1.54) is 34.6 Å². The van der Waals surface area contributed by atoms with Crippen molar-refractivity contribution in [2.45, 2.75) is 11.4 Å². The van der Waals surface area contributed by atoms with Crippen LogP contribution in [0.4, 0.5) is 5.69 Å². The van der Waals surface area contributed by atoms with Crippen LogP contribution in [0.25, 0.3) is 10.9 Å². The van der Waals surface area contributed by atoms with Crippen LogP contribution in [0.5, 0.6) is 0 Å². The van der Waals surface area contributed by atoms with E-state index in [0.717, 1.165) is 0 Å². The molecular formula is C20H18Cl2N4O5S. The second kappa shape index (κ2) is 8.70. The molecule has 1 aliphatic heterocycles. The number of hydrogen-bond donors (Lipinski definition) is 0. The predicted octanol–water partition coefficient (Wildman–Crippen LogP) is 3.39. The number of benzene rings is 2. The number of nitro benzene ring substituents is 1. The lowest BCUT2D eigenvalue weighted by Crippen LogP contribution is -2.51. The number of piperazine rings is 1. The standard InChI is InChI=1S/C20H18Cl2N4O5S/c21-16-2-1-3-18(20(16)22)32(30,31)25-10-8-23(9-11-25)19(27)13-24-7-6-14-12-15(26(28)29)4-5-17(14)24/h1-7,12H,8-11,13H2. The van der Waals surface area contributed by atoms with E-state index in [1.54, 1.807) is 27.8 Å². The van der Waals surface area contributed by atoms with E-state index >= 15 is 0 Å². The molecule has 0 atom stereocenters. The summed E-state index contributed by atoms with van der Waals surface area (Å²) in [6, 6.07) is 10.6. The van der Waals surface area contributed by atoms with Gasteiger partial charge in [0.15, 0.2) is 0 Å². The molecule has 9 nitrogen and oxygen atoms in total. The molecule has 168 valence electrons. The van der Waals surface area contributed by atoms with Crippen LogP contribution in [0, 0.1) is 10.1 Å². The van der Waals surface area contributed by atoms with Crippen LogP contribution in [0.3, 0.4) is 0 Å². The minimum absolute atomic E-state index is 0.0151. The molecule has 1 amide bonds. The van der Waals surface area contributed by atoms with Crippen LogP contribution < -0.4 is 0 Å². The first-order valence-corrected chi connectivity index (χ1v) is 11.8. The average Bonchev–Trinajstić information content (AvgIpc) is 3.17. The number of carbonyl (C=O) groups is 1. The minimum atomic E-state index is -3.84. The average molecular weight is 497 g/mol. The number of hydrogen-bond acceptors (Lipinski definition) is 5. The molecule has 2 aromatic carbocycles. The maximum absolute atomic E-state index is 12.9. The van der Waals surface area contributed by atoms with Crippen molar-refractivity contribution in [3.8, 4) is 0 Å². The van der Waals surface area contributed by atoms with Crippen LogP contribution in [0.1, 0.15) is 0 Å². The number of nitrogens with zero attached hydrogens (tertiary/aromatic N) is 4. The van der Waals surface area contributed by atoms with E-state index in [2.05, 4.69) is 0 Å². The fourth-order valence-electron chi connectivity index (χ4n) is 3.68. The van der Waals surface area contributed by atoms with Gasteiger partial charge < -0.3 is 9.47 Å². The molecule has 0 bridgehead atoms. The third-order valence-corrected chi connectivity index (χ3v) is 8.27. The van der Waals surface area contributed by atoms with Crippen LogP contribution >= 0.6 is 23.2 Å². The Morgan fingerprint density at radius 3 is 2.47 bits per heavy atom. The number of amides is 1. The maximum Gasteiger partial charge on any atom is 0.270 e. The van der Waals surface area contributed by atoms with Crippen molar-refractivity contribution in [3.63, 3.8) is 0 Å². The minimum Gasteiger partial charge on any atom is -0.339 e. The molecule has 3 aromatic rings. The molecule has 0 aliphatic carbocycles. The predicted molar refractivity (Wildman–Crippen MR) is 120 cm³/mol. The van der Waals surface area contributed by atoms with Gasteiger partial charge in [0.2, 0.25) is 15.9 Å². The molecule has 0 unspecified atom stereocenters. The summed E-state index contributed by atoms with van der Waals surface area (Å²) < 4.78 is 28.9. The summed E-state index contributed by atoms with van der Waals surface area (Å²) in [6.07, 6.45) is 1.70. The number of nitro groups is 1. The first-order chi connectivity index (χ1) is 15.2. The first-order valence-electron chi connectivity index (χ1n) is 9.64. The second-order valence-electron chi connectivity index (χ2n) is 7.28. The van der Waals surface area contributed by atoms with Crippen molar-refractivity contribution in [1.29, 1.82) is 0 Å². The Bertz CT molecular complexity index is 1320. The van der Waals surface area contributed by atoms with Crippen LogP contribution in [0.2, 0.25) is 10.0 Å². The molecule has 4 rings (SSSR count). The highest BCUT2D eigenvalue weighted by atomic mass is 35.5. The highest BCUT2D eigenvalue weighted by molar-refractivity contribution is 7.89. The Hall–Kier alpha value is -2.66. The Morgan fingerprint density at radius 1 is 1.06 bits per heavy atom. The number of halogens is 2. The first kappa shape index (κ1) is 22.5. The summed E-state index contributed by atoms with van der Waals surface area (Å²) in [4.78, 5) is 24.8. The Balaban J connectivity index is 1.43. The van der Waals surface area contributed by atoms with E-state index in [-0.39, 0.29) is 59.3 Å². The van der Waals surface area contributed by atoms with Crippen molar-refractivity contribution in [2.24, 2.45) is 0 Å². The zero-order valence-electron chi connectivity index (χ0n) is 16.6. The number of aromatic nitrogens is 1.